The molecule has 0 heterocycles. The van der Waals surface area contributed by atoms with Gasteiger partial charge >= 0.3 is 5.97 Å². The summed E-state index contributed by atoms with van der Waals surface area (Å²) in [6.07, 6.45) is 15.3. The van der Waals surface area contributed by atoms with E-state index in [0.717, 1.165) is 30.0 Å². The monoisotopic (exact) mass is 591 g/mol. The average molecular weight is 592 g/mol. The van der Waals surface area contributed by atoms with Gasteiger partial charge in [-0.25, -0.2) is 10.2 Å². The van der Waals surface area contributed by atoms with E-state index in [-0.39, 0.29) is 12.5 Å². The lowest BCUT2D eigenvalue weighted by molar-refractivity contribution is -0.126. The molecule has 7 nitrogen and oxygen atoms in total. The molecule has 2 N–H and O–H groups in total. The topological polar surface area (TPSA) is 96.9 Å². The molecule has 3 aromatic carbocycles. The smallest absolute Gasteiger partial charge is 0.343 e. The van der Waals surface area contributed by atoms with Gasteiger partial charge in [0.15, 0.2) is 0 Å². The summed E-state index contributed by atoms with van der Waals surface area (Å²) in [6.45, 7) is 2.07. The third kappa shape index (κ3) is 11.6. The highest BCUT2D eigenvalue weighted by Gasteiger charge is 2.14. The molecule has 2 amide bonds. The molecule has 0 aromatic heterocycles. The number of halogens is 1. The number of carbonyl (C=O) groups is 3. The third-order valence-electron chi connectivity index (χ3n) is 7.05. The molecule has 224 valence electrons. The molecule has 0 aliphatic rings. The predicted octanol–water partition coefficient (Wildman–Crippen LogP) is 7.98. The van der Waals surface area contributed by atoms with Crippen molar-refractivity contribution in [2.75, 3.05) is 6.54 Å². The number of hydrazone groups is 1. The highest BCUT2D eigenvalue weighted by atomic mass is 35.5. The summed E-state index contributed by atoms with van der Waals surface area (Å²) in [5.41, 5.74) is 3.33. The molecule has 0 aliphatic carbocycles. The van der Waals surface area contributed by atoms with Crippen molar-refractivity contribution in [3.8, 4) is 5.75 Å². The first-order valence-corrected chi connectivity index (χ1v) is 15.4. The fourth-order valence-corrected chi connectivity index (χ4v) is 4.79. The zero-order valence-corrected chi connectivity index (χ0v) is 25.3. The fraction of sp³-hybridized carbons (Fsp3) is 0.412. The lowest BCUT2D eigenvalue weighted by Gasteiger charge is -2.11. The first kappa shape index (κ1) is 32.8. The Balaban J connectivity index is 1.42. The largest absolute Gasteiger partial charge is 0.422 e. The number of nitrogens with zero attached hydrogens (tertiary/aromatic N) is 1. The Hall–Kier alpha value is -3.71. The van der Waals surface area contributed by atoms with Crippen molar-refractivity contribution >= 4 is 46.4 Å². The number of amides is 2. The molecule has 0 fully saturated rings. The van der Waals surface area contributed by atoms with Gasteiger partial charge in [-0.1, -0.05) is 113 Å². The second kappa shape index (κ2) is 18.7. The molecule has 0 atom stereocenters. The molecule has 0 aliphatic heterocycles. The molecule has 8 heteroatoms. The van der Waals surface area contributed by atoms with Crippen LogP contribution in [0.2, 0.25) is 5.02 Å². The van der Waals surface area contributed by atoms with Crippen LogP contribution in [0, 0.1) is 0 Å². The van der Waals surface area contributed by atoms with E-state index in [1.807, 2.05) is 30.3 Å². The number of ether oxygens (including phenoxy) is 1. The summed E-state index contributed by atoms with van der Waals surface area (Å²) < 4.78 is 5.66. The van der Waals surface area contributed by atoms with Gasteiger partial charge < -0.3 is 10.1 Å². The summed E-state index contributed by atoms with van der Waals surface area (Å²) in [6, 6.07) is 17.5. The molecule has 42 heavy (non-hydrogen) atoms. The zero-order chi connectivity index (χ0) is 30.0. The number of hydrogen-bond acceptors (Lipinski definition) is 5. The van der Waals surface area contributed by atoms with Gasteiger partial charge in [-0.3, -0.25) is 9.59 Å². The van der Waals surface area contributed by atoms with Gasteiger partial charge in [0.1, 0.15) is 5.75 Å². The van der Waals surface area contributed by atoms with E-state index in [1.54, 1.807) is 30.3 Å². The van der Waals surface area contributed by atoms with Gasteiger partial charge in [-0.15, -0.1) is 0 Å². The average Bonchev–Trinajstić information content (AvgIpc) is 3.00. The Morgan fingerprint density at radius 3 is 2.12 bits per heavy atom. The van der Waals surface area contributed by atoms with E-state index < -0.39 is 11.9 Å². The van der Waals surface area contributed by atoms with Crippen LogP contribution in [0.15, 0.2) is 65.8 Å². The van der Waals surface area contributed by atoms with Crippen molar-refractivity contribution < 1.29 is 19.1 Å². The molecule has 0 radical (unpaired) electrons. The van der Waals surface area contributed by atoms with Crippen molar-refractivity contribution in [2.24, 2.45) is 5.10 Å². The zero-order valence-electron chi connectivity index (χ0n) is 24.5. The normalized spacial score (nSPS) is 11.1. The quantitative estimate of drug-likeness (QED) is 0.0515. The number of hydrogen-bond donors (Lipinski definition) is 2. The van der Waals surface area contributed by atoms with Crippen LogP contribution in [0.1, 0.15) is 99.9 Å². The predicted molar refractivity (Wildman–Crippen MR) is 170 cm³/mol. The Morgan fingerprint density at radius 1 is 0.786 bits per heavy atom. The van der Waals surface area contributed by atoms with Gasteiger partial charge in [0.25, 0.3) is 5.91 Å². The first-order chi connectivity index (χ1) is 20.5. The molecule has 0 saturated carbocycles. The third-order valence-corrected chi connectivity index (χ3v) is 7.30. The van der Waals surface area contributed by atoms with E-state index in [4.69, 9.17) is 16.3 Å². The number of nitrogens with one attached hydrogen (secondary N) is 2. The number of esters is 1. The molecule has 0 unspecified atom stereocenters. The summed E-state index contributed by atoms with van der Waals surface area (Å²) in [7, 11) is 0. The van der Waals surface area contributed by atoms with E-state index in [1.165, 1.54) is 57.6 Å². The van der Waals surface area contributed by atoms with Gasteiger partial charge in [0.2, 0.25) is 5.91 Å². The Labute approximate surface area is 254 Å². The Bertz CT molecular complexity index is 1320. The summed E-state index contributed by atoms with van der Waals surface area (Å²) in [5, 5.41) is 8.97. The number of rotatable bonds is 18. The second-order valence-corrected chi connectivity index (χ2v) is 10.9. The van der Waals surface area contributed by atoms with Crippen LogP contribution in [-0.2, 0) is 9.59 Å². The van der Waals surface area contributed by atoms with E-state index in [2.05, 4.69) is 22.8 Å². The van der Waals surface area contributed by atoms with Crippen LogP contribution >= 0.6 is 11.6 Å². The highest BCUT2D eigenvalue weighted by Crippen LogP contribution is 2.27. The molecule has 3 aromatic rings. The fourth-order valence-electron chi connectivity index (χ4n) is 4.67. The van der Waals surface area contributed by atoms with Gasteiger partial charge in [-0.2, -0.15) is 5.10 Å². The van der Waals surface area contributed by atoms with Gasteiger partial charge in [0, 0.05) is 17.0 Å². The maximum atomic E-state index is 12.7. The van der Waals surface area contributed by atoms with Gasteiger partial charge in [-0.05, 0) is 47.5 Å². The lowest BCUT2D eigenvalue weighted by Crippen LogP contribution is -2.34. The minimum absolute atomic E-state index is 0.143. The Kier molecular flexibility index (Phi) is 14.6. The van der Waals surface area contributed by atoms with E-state index in [9.17, 15) is 14.4 Å². The van der Waals surface area contributed by atoms with Crippen molar-refractivity contribution in [3.05, 3.63) is 76.8 Å². The summed E-state index contributed by atoms with van der Waals surface area (Å²) in [5.74, 6) is -0.831. The van der Waals surface area contributed by atoms with Crippen molar-refractivity contribution in [3.63, 3.8) is 0 Å². The van der Waals surface area contributed by atoms with Crippen LogP contribution in [-0.4, -0.2) is 30.5 Å². The highest BCUT2D eigenvalue weighted by molar-refractivity contribution is 6.30. The SMILES string of the molecule is CCCCCCCCCCCCCC(=O)NCC(=O)N/N=C/c1c(OC(=O)c2ccc(Cl)cc2)ccc2ccccc12. The molecule has 3 rings (SSSR count). The van der Waals surface area contributed by atoms with Crippen molar-refractivity contribution in [1.82, 2.24) is 10.7 Å². The molecular weight excluding hydrogens is 550 g/mol. The van der Waals surface area contributed by atoms with Crippen LogP contribution in [0.3, 0.4) is 0 Å². The number of carbonyl (C=O) groups excluding carboxylic acids is 3. The molecule has 0 saturated heterocycles. The molecule has 0 bridgehead atoms. The maximum Gasteiger partial charge on any atom is 0.343 e. The van der Waals surface area contributed by atoms with Crippen LogP contribution in [0.5, 0.6) is 5.75 Å². The first-order valence-electron chi connectivity index (χ1n) is 15.1. The maximum absolute atomic E-state index is 12.7. The van der Waals surface area contributed by atoms with Crippen LogP contribution in [0.25, 0.3) is 10.8 Å². The number of unbranched alkanes of at least 4 members (excludes halogenated alkanes) is 10. The molecule has 0 spiro atoms. The Morgan fingerprint density at radius 2 is 1.43 bits per heavy atom. The van der Waals surface area contributed by atoms with Crippen molar-refractivity contribution in [1.29, 1.82) is 0 Å². The summed E-state index contributed by atoms with van der Waals surface area (Å²) in [4.78, 5) is 37.2. The lowest BCUT2D eigenvalue weighted by atomic mass is 10.0. The minimum atomic E-state index is -0.541. The molecular formula is C34H42ClN3O4. The van der Waals surface area contributed by atoms with Crippen LogP contribution in [0.4, 0.5) is 0 Å². The van der Waals surface area contributed by atoms with E-state index >= 15 is 0 Å². The minimum Gasteiger partial charge on any atom is -0.422 e. The number of benzene rings is 3. The standard InChI is InChI=1S/C34H42ClN3O4/c1-2-3-4-5-6-7-8-9-10-11-12-17-32(39)36-25-33(40)38-37-24-30-29-16-14-13-15-26(29)20-23-31(30)42-34(41)27-18-21-28(35)22-19-27/h13-16,18-24H,2-12,17,25H2,1H3,(H,36,39)(H,38,40)/b37-24+. The number of fused-ring (bicyclic) bond motifs is 1. The summed E-state index contributed by atoms with van der Waals surface area (Å²) >= 11 is 5.92. The van der Waals surface area contributed by atoms with E-state index in [0.29, 0.717) is 28.3 Å². The van der Waals surface area contributed by atoms with Gasteiger partial charge in [0.05, 0.1) is 18.3 Å². The van der Waals surface area contributed by atoms with Crippen molar-refractivity contribution in [2.45, 2.75) is 84.0 Å². The second-order valence-electron chi connectivity index (χ2n) is 10.5. The van der Waals surface area contributed by atoms with Crippen LogP contribution < -0.4 is 15.5 Å².